The molecule has 32 heavy (non-hydrogen) atoms. The van der Waals surface area contributed by atoms with Gasteiger partial charge in [-0.15, -0.1) is 0 Å². The maximum Gasteiger partial charge on any atom is 0.266 e. The van der Waals surface area contributed by atoms with Crippen LogP contribution in [0.4, 0.5) is 0 Å². The highest BCUT2D eigenvalue weighted by Crippen LogP contribution is 2.39. The normalized spacial score (nSPS) is 14.9. The molecule has 5 nitrogen and oxygen atoms in total. The SMILES string of the molecule is CCOc1cc(/C=C2/SC(=S)N(CC)C2=O)cc(Cl)c1OCCOc1ccc(Cl)c(C)c1. The number of aryl methyl sites for hydroxylation is 1. The Morgan fingerprint density at radius 1 is 1.06 bits per heavy atom. The van der Waals surface area contributed by atoms with Crippen LogP contribution in [0.15, 0.2) is 35.2 Å². The Kier molecular flexibility index (Phi) is 8.71. The standard InChI is InChI=1S/C23H23Cl2NO4S2/c1-4-26-22(27)20(32-23(26)31)13-15-11-18(25)21(19(12-15)28-5-2)30-9-8-29-16-6-7-17(24)14(3)10-16/h6-7,10-13H,4-5,8-9H2,1-3H3/b20-13+. The molecule has 170 valence electrons. The zero-order valence-electron chi connectivity index (χ0n) is 17.9. The highest BCUT2D eigenvalue weighted by Gasteiger charge is 2.30. The van der Waals surface area contributed by atoms with Crippen LogP contribution < -0.4 is 14.2 Å². The number of amides is 1. The molecule has 1 heterocycles. The van der Waals surface area contributed by atoms with E-state index in [0.717, 1.165) is 11.1 Å². The van der Waals surface area contributed by atoms with Gasteiger partial charge in [0.1, 0.15) is 23.3 Å². The molecule has 1 amide bonds. The van der Waals surface area contributed by atoms with Crippen LogP contribution in [0.3, 0.4) is 0 Å². The Bertz CT molecular complexity index is 1060. The molecule has 1 saturated heterocycles. The number of carbonyl (C=O) groups is 1. The van der Waals surface area contributed by atoms with Gasteiger partial charge in [-0.2, -0.15) is 0 Å². The summed E-state index contributed by atoms with van der Waals surface area (Å²) in [5, 5.41) is 1.08. The summed E-state index contributed by atoms with van der Waals surface area (Å²) in [7, 11) is 0. The van der Waals surface area contributed by atoms with Crippen molar-refractivity contribution in [3.05, 3.63) is 56.4 Å². The number of thioether (sulfide) groups is 1. The summed E-state index contributed by atoms with van der Waals surface area (Å²) >= 11 is 19.1. The van der Waals surface area contributed by atoms with Crippen LogP contribution in [0.2, 0.25) is 10.0 Å². The van der Waals surface area contributed by atoms with Crippen LogP contribution in [0.5, 0.6) is 17.2 Å². The van der Waals surface area contributed by atoms with Crippen LogP contribution in [-0.4, -0.2) is 41.5 Å². The lowest BCUT2D eigenvalue weighted by molar-refractivity contribution is -0.121. The van der Waals surface area contributed by atoms with Gasteiger partial charge in [0.25, 0.3) is 5.91 Å². The summed E-state index contributed by atoms with van der Waals surface area (Å²) in [6.45, 7) is 7.26. The first-order valence-electron chi connectivity index (χ1n) is 10.1. The molecule has 1 fully saturated rings. The van der Waals surface area contributed by atoms with Crippen molar-refractivity contribution < 1.29 is 19.0 Å². The third kappa shape index (κ3) is 5.90. The highest BCUT2D eigenvalue weighted by atomic mass is 35.5. The first-order chi connectivity index (χ1) is 15.3. The minimum atomic E-state index is -0.105. The van der Waals surface area contributed by atoms with Crippen molar-refractivity contribution in [2.24, 2.45) is 0 Å². The lowest BCUT2D eigenvalue weighted by atomic mass is 10.1. The molecule has 0 bridgehead atoms. The van der Waals surface area contributed by atoms with Gasteiger partial charge in [0.2, 0.25) is 0 Å². The van der Waals surface area contributed by atoms with Crippen molar-refractivity contribution in [1.82, 2.24) is 4.90 Å². The van der Waals surface area contributed by atoms with Crippen molar-refractivity contribution >= 4 is 63.5 Å². The highest BCUT2D eigenvalue weighted by molar-refractivity contribution is 8.26. The van der Waals surface area contributed by atoms with Gasteiger partial charge in [-0.3, -0.25) is 9.69 Å². The van der Waals surface area contributed by atoms with E-state index >= 15 is 0 Å². The molecular weight excluding hydrogens is 489 g/mol. The van der Waals surface area contributed by atoms with Crippen molar-refractivity contribution in [1.29, 1.82) is 0 Å². The van der Waals surface area contributed by atoms with Crippen LogP contribution in [0, 0.1) is 6.92 Å². The number of benzene rings is 2. The molecule has 9 heteroatoms. The zero-order valence-corrected chi connectivity index (χ0v) is 21.1. The maximum atomic E-state index is 12.5. The van der Waals surface area contributed by atoms with Gasteiger partial charge < -0.3 is 14.2 Å². The van der Waals surface area contributed by atoms with Gasteiger partial charge >= 0.3 is 0 Å². The fourth-order valence-electron chi connectivity index (χ4n) is 3.01. The quantitative estimate of drug-likeness (QED) is 0.221. The Morgan fingerprint density at radius 3 is 2.47 bits per heavy atom. The number of thiocarbonyl (C=S) groups is 1. The van der Waals surface area contributed by atoms with Gasteiger partial charge in [-0.1, -0.05) is 47.2 Å². The third-order valence-electron chi connectivity index (χ3n) is 4.55. The van der Waals surface area contributed by atoms with E-state index in [2.05, 4.69) is 0 Å². The predicted molar refractivity (Wildman–Crippen MR) is 135 cm³/mol. The van der Waals surface area contributed by atoms with Crippen molar-refractivity contribution in [3.63, 3.8) is 0 Å². The molecule has 2 aromatic rings. The summed E-state index contributed by atoms with van der Waals surface area (Å²) in [6.07, 6.45) is 1.76. The molecule has 0 unspecified atom stereocenters. The number of carbonyl (C=O) groups excluding carboxylic acids is 1. The summed E-state index contributed by atoms with van der Waals surface area (Å²) in [5.41, 5.74) is 1.67. The van der Waals surface area contributed by atoms with E-state index in [1.807, 2.05) is 32.9 Å². The zero-order chi connectivity index (χ0) is 23.3. The van der Waals surface area contributed by atoms with Crippen LogP contribution >= 0.6 is 47.2 Å². The Hall–Kier alpha value is -1.93. The van der Waals surface area contributed by atoms with Crippen LogP contribution in [0.1, 0.15) is 25.0 Å². The molecule has 0 saturated carbocycles. The molecule has 0 atom stereocenters. The second-order valence-corrected chi connectivity index (χ2v) is 9.29. The molecule has 2 aromatic carbocycles. The molecular formula is C23H23Cl2NO4S2. The second-order valence-electron chi connectivity index (χ2n) is 6.80. The van der Waals surface area contributed by atoms with E-state index in [0.29, 0.717) is 56.3 Å². The number of hydrogen-bond acceptors (Lipinski definition) is 6. The molecule has 0 N–H and O–H groups in total. The van der Waals surface area contributed by atoms with Crippen molar-refractivity contribution in [3.8, 4) is 17.2 Å². The van der Waals surface area contributed by atoms with E-state index in [1.54, 1.807) is 29.2 Å². The summed E-state index contributed by atoms with van der Waals surface area (Å²) in [5.74, 6) is 1.54. The Morgan fingerprint density at radius 2 is 1.81 bits per heavy atom. The van der Waals surface area contributed by atoms with Crippen LogP contribution in [0.25, 0.3) is 6.08 Å². The van der Waals surface area contributed by atoms with E-state index in [-0.39, 0.29) is 12.5 Å². The first kappa shape index (κ1) is 24.7. The van der Waals surface area contributed by atoms with E-state index in [9.17, 15) is 4.79 Å². The molecule has 0 spiro atoms. The van der Waals surface area contributed by atoms with Gasteiger partial charge in [-0.05, 0) is 68.3 Å². The summed E-state index contributed by atoms with van der Waals surface area (Å²) < 4.78 is 17.9. The number of halogens is 2. The number of rotatable bonds is 9. The lowest BCUT2D eigenvalue weighted by Gasteiger charge is -2.15. The summed E-state index contributed by atoms with van der Waals surface area (Å²) in [6, 6.07) is 9.01. The minimum absolute atomic E-state index is 0.105. The molecule has 1 aliphatic rings. The lowest BCUT2D eigenvalue weighted by Crippen LogP contribution is -2.27. The van der Waals surface area contributed by atoms with Crippen LogP contribution in [-0.2, 0) is 4.79 Å². The van der Waals surface area contributed by atoms with Gasteiger partial charge in [0.05, 0.1) is 16.5 Å². The first-order valence-corrected chi connectivity index (χ1v) is 12.1. The Labute approximate surface area is 207 Å². The van der Waals surface area contributed by atoms with E-state index in [1.165, 1.54) is 11.8 Å². The number of likely N-dealkylation sites (N-methyl/N-ethyl adjacent to an activating group) is 1. The third-order valence-corrected chi connectivity index (χ3v) is 6.63. The monoisotopic (exact) mass is 511 g/mol. The smallest absolute Gasteiger partial charge is 0.266 e. The van der Waals surface area contributed by atoms with E-state index < -0.39 is 0 Å². The van der Waals surface area contributed by atoms with Gasteiger partial charge in [0.15, 0.2) is 11.5 Å². The number of hydrogen-bond donors (Lipinski definition) is 0. The fraction of sp³-hybridized carbons (Fsp3) is 0.304. The molecule has 3 rings (SSSR count). The second kappa shape index (κ2) is 11.3. The van der Waals surface area contributed by atoms with Crippen molar-refractivity contribution in [2.45, 2.75) is 20.8 Å². The topological polar surface area (TPSA) is 48.0 Å². The fourth-order valence-corrected chi connectivity index (χ4v) is 4.78. The van der Waals surface area contributed by atoms with Crippen molar-refractivity contribution in [2.75, 3.05) is 26.4 Å². The van der Waals surface area contributed by atoms with E-state index in [4.69, 9.17) is 49.6 Å². The molecule has 0 aliphatic carbocycles. The minimum Gasteiger partial charge on any atom is -0.490 e. The largest absolute Gasteiger partial charge is 0.490 e. The average molecular weight is 512 g/mol. The molecule has 1 aliphatic heterocycles. The predicted octanol–water partition coefficient (Wildman–Crippen LogP) is 6.38. The average Bonchev–Trinajstić information content (AvgIpc) is 3.01. The molecule has 0 aromatic heterocycles. The van der Waals surface area contributed by atoms with Gasteiger partial charge in [-0.25, -0.2) is 0 Å². The maximum absolute atomic E-state index is 12.5. The Balaban J connectivity index is 1.71. The summed E-state index contributed by atoms with van der Waals surface area (Å²) in [4.78, 5) is 14.6. The van der Waals surface area contributed by atoms with Gasteiger partial charge in [0, 0.05) is 11.6 Å². The molecule has 0 radical (unpaired) electrons. The number of ether oxygens (including phenoxy) is 3. The number of nitrogens with zero attached hydrogens (tertiary/aromatic N) is 1.